The molecular formula is C19H43NO10P2. The third kappa shape index (κ3) is 16.7. The lowest BCUT2D eigenvalue weighted by molar-refractivity contribution is -0.0252. The molecule has 4 N–H and O–H groups in total. The van der Waals surface area contributed by atoms with Gasteiger partial charge in [-0.2, -0.15) is 0 Å². The van der Waals surface area contributed by atoms with E-state index < -0.39 is 26.9 Å². The van der Waals surface area contributed by atoms with E-state index in [0.29, 0.717) is 59.0 Å². The molecule has 4 unspecified atom stereocenters. The van der Waals surface area contributed by atoms with Crippen LogP contribution in [0.15, 0.2) is 0 Å². The normalized spacial score (nSPS) is 17.8. The van der Waals surface area contributed by atoms with Gasteiger partial charge in [-0.15, -0.1) is 0 Å². The molecule has 0 saturated carbocycles. The van der Waals surface area contributed by atoms with Crippen LogP contribution in [0.5, 0.6) is 0 Å². The van der Waals surface area contributed by atoms with Gasteiger partial charge in [0.2, 0.25) is 0 Å². The van der Waals surface area contributed by atoms with Gasteiger partial charge in [0.05, 0.1) is 58.5 Å². The molecule has 0 aromatic carbocycles. The lowest BCUT2D eigenvalue weighted by Gasteiger charge is -2.19. The fourth-order valence-corrected chi connectivity index (χ4v) is 4.02. The maximum atomic E-state index is 11.8. The summed E-state index contributed by atoms with van der Waals surface area (Å²) in [5, 5.41) is 12.4. The van der Waals surface area contributed by atoms with Gasteiger partial charge in [-0.05, 0) is 12.8 Å². The first-order chi connectivity index (χ1) is 15.0. The van der Waals surface area contributed by atoms with Crippen LogP contribution in [0, 0.1) is 0 Å². The molecule has 4 atom stereocenters. The van der Waals surface area contributed by atoms with Crippen molar-refractivity contribution in [1.29, 1.82) is 0 Å². The lowest BCUT2D eigenvalue weighted by atomic mass is 10.4. The number of aliphatic hydroxyl groups is 1. The van der Waals surface area contributed by atoms with E-state index in [1.807, 2.05) is 0 Å². The van der Waals surface area contributed by atoms with Crippen LogP contribution < -0.4 is 5.09 Å². The van der Waals surface area contributed by atoms with Crippen molar-refractivity contribution < 1.29 is 47.5 Å². The van der Waals surface area contributed by atoms with E-state index >= 15 is 0 Å². The largest absolute Gasteiger partial charge is 0.388 e. The molecule has 0 heterocycles. The van der Waals surface area contributed by atoms with Crippen molar-refractivity contribution in [2.24, 2.45) is 0 Å². The number of aliphatic hydroxyl groups excluding tert-OH is 1. The van der Waals surface area contributed by atoms with Gasteiger partial charge in [0.25, 0.3) is 7.52 Å². The summed E-state index contributed by atoms with van der Waals surface area (Å²) < 4.78 is 49.8. The zero-order chi connectivity index (χ0) is 24.5. The predicted molar refractivity (Wildman–Crippen MR) is 122 cm³/mol. The van der Waals surface area contributed by atoms with E-state index in [1.54, 1.807) is 27.7 Å². The summed E-state index contributed by atoms with van der Waals surface area (Å²) in [5.41, 5.74) is -0.780. The minimum absolute atomic E-state index is 0.0133. The first-order valence-electron chi connectivity index (χ1n) is 11.1. The maximum absolute atomic E-state index is 11.8. The quantitative estimate of drug-likeness (QED) is 0.126. The number of rotatable bonds is 22. The van der Waals surface area contributed by atoms with Gasteiger partial charge in [0.15, 0.2) is 0 Å². The van der Waals surface area contributed by atoms with Gasteiger partial charge >= 0.3 is 7.60 Å². The van der Waals surface area contributed by atoms with Gasteiger partial charge < -0.3 is 38.4 Å². The van der Waals surface area contributed by atoms with E-state index in [0.717, 1.165) is 0 Å². The maximum Gasteiger partial charge on any atom is 0.330 e. The SMILES string of the molecule is CCC(C)P(=O)(O)OCC(O)COCCOCCOCCOCCCNP(=O)(O)C(C)C. The van der Waals surface area contributed by atoms with Crippen LogP contribution in [-0.4, -0.2) is 98.3 Å². The highest BCUT2D eigenvalue weighted by Crippen LogP contribution is 2.48. The molecule has 0 aromatic rings. The van der Waals surface area contributed by atoms with E-state index in [4.69, 9.17) is 23.5 Å². The highest BCUT2D eigenvalue weighted by Gasteiger charge is 2.27. The zero-order valence-corrected chi connectivity index (χ0v) is 21.6. The molecule has 0 aliphatic carbocycles. The summed E-state index contributed by atoms with van der Waals surface area (Å²) in [6.07, 6.45) is 0.168. The second kappa shape index (κ2) is 18.4. The van der Waals surface area contributed by atoms with E-state index in [2.05, 4.69) is 5.09 Å². The molecule has 0 radical (unpaired) electrons. The molecule has 0 bridgehead atoms. The fourth-order valence-electron chi connectivity index (χ4n) is 2.07. The molecule has 32 heavy (non-hydrogen) atoms. The van der Waals surface area contributed by atoms with Crippen molar-refractivity contribution >= 4 is 15.1 Å². The van der Waals surface area contributed by atoms with E-state index in [9.17, 15) is 24.0 Å². The monoisotopic (exact) mass is 507 g/mol. The molecule has 13 heteroatoms. The van der Waals surface area contributed by atoms with Crippen molar-refractivity contribution in [2.75, 3.05) is 66.0 Å². The van der Waals surface area contributed by atoms with Gasteiger partial charge in [-0.1, -0.05) is 27.7 Å². The van der Waals surface area contributed by atoms with Crippen molar-refractivity contribution in [3.63, 3.8) is 0 Å². The van der Waals surface area contributed by atoms with E-state index in [-0.39, 0.29) is 25.5 Å². The van der Waals surface area contributed by atoms with Crippen molar-refractivity contribution in [3.05, 3.63) is 0 Å². The Morgan fingerprint density at radius 1 is 0.812 bits per heavy atom. The molecule has 0 aromatic heterocycles. The molecule has 0 saturated heterocycles. The minimum atomic E-state index is -3.71. The number of hydrogen-bond acceptors (Lipinski definition) is 8. The Hall–Kier alpha value is 0.1000. The second-order valence-corrected chi connectivity index (χ2v) is 12.5. The Bertz CT molecular complexity index is 552. The summed E-state index contributed by atoms with van der Waals surface area (Å²) in [6.45, 7) is 9.72. The lowest BCUT2D eigenvalue weighted by Crippen LogP contribution is -2.23. The third-order valence-corrected chi connectivity index (χ3v) is 8.60. The minimum Gasteiger partial charge on any atom is -0.388 e. The molecule has 0 amide bonds. The highest BCUT2D eigenvalue weighted by atomic mass is 31.2. The molecule has 0 rings (SSSR count). The number of nitrogens with one attached hydrogen (secondary N) is 1. The second-order valence-electron chi connectivity index (χ2n) is 7.66. The van der Waals surface area contributed by atoms with E-state index in [1.165, 1.54) is 0 Å². The van der Waals surface area contributed by atoms with Crippen molar-refractivity contribution in [1.82, 2.24) is 5.09 Å². The Kier molecular flexibility index (Phi) is 18.5. The van der Waals surface area contributed by atoms with Gasteiger partial charge in [-0.3, -0.25) is 9.13 Å². The van der Waals surface area contributed by atoms with Crippen LogP contribution in [0.4, 0.5) is 0 Å². The third-order valence-electron chi connectivity index (χ3n) is 4.53. The average molecular weight is 507 g/mol. The highest BCUT2D eigenvalue weighted by molar-refractivity contribution is 7.56. The van der Waals surface area contributed by atoms with Crippen LogP contribution >= 0.6 is 15.1 Å². The molecule has 0 aliphatic heterocycles. The molecule has 0 spiro atoms. The first kappa shape index (κ1) is 32.1. The summed E-state index contributed by atoms with van der Waals surface area (Å²) in [6, 6.07) is 0. The standard InChI is InChI=1S/C19H43NO10P2/c1-5-18(4)32(24,25)30-16-19(21)15-29-14-13-28-12-11-27-10-9-26-8-6-7-20-31(22,23)17(2)3/h17-19,21H,5-16H2,1-4H3,(H,24,25)(H2,20,22,23). The Balaban J connectivity index is 3.41. The molecule has 11 nitrogen and oxygen atoms in total. The summed E-state index contributed by atoms with van der Waals surface area (Å²) in [7, 11) is -6.96. The molecular weight excluding hydrogens is 464 g/mol. The van der Waals surface area contributed by atoms with Crippen LogP contribution in [0.25, 0.3) is 0 Å². The predicted octanol–water partition coefficient (Wildman–Crippen LogP) is 1.99. The van der Waals surface area contributed by atoms with Gasteiger partial charge in [-0.25, -0.2) is 5.09 Å². The Morgan fingerprint density at radius 2 is 1.31 bits per heavy atom. The van der Waals surface area contributed by atoms with Gasteiger partial charge in [0.1, 0.15) is 6.10 Å². The molecule has 0 fully saturated rings. The smallest absolute Gasteiger partial charge is 0.330 e. The number of hydrogen-bond donors (Lipinski definition) is 4. The molecule has 0 aliphatic rings. The average Bonchev–Trinajstić information content (AvgIpc) is 2.74. The van der Waals surface area contributed by atoms with Crippen molar-refractivity contribution in [3.8, 4) is 0 Å². The van der Waals surface area contributed by atoms with Gasteiger partial charge in [0, 0.05) is 18.8 Å². The fraction of sp³-hybridized carbons (Fsp3) is 1.00. The first-order valence-corrected chi connectivity index (χ1v) is 14.4. The summed E-state index contributed by atoms with van der Waals surface area (Å²) >= 11 is 0. The Morgan fingerprint density at radius 3 is 1.81 bits per heavy atom. The van der Waals surface area contributed by atoms with Crippen LogP contribution in [-0.2, 0) is 32.6 Å². The number of ether oxygens (including phenoxy) is 4. The topological polar surface area (TPSA) is 153 Å². The molecule has 194 valence electrons. The van der Waals surface area contributed by atoms with Crippen LogP contribution in [0.1, 0.15) is 40.5 Å². The van der Waals surface area contributed by atoms with Crippen LogP contribution in [0.3, 0.4) is 0 Å². The Labute approximate surface area is 192 Å². The summed E-state index contributed by atoms with van der Waals surface area (Å²) in [4.78, 5) is 19.3. The van der Waals surface area contributed by atoms with Crippen LogP contribution in [0.2, 0.25) is 0 Å². The summed E-state index contributed by atoms with van der Waals surface area (Å²) in [5.74, 6) is 0. The zero-order valence-electron chi connectivity index (χ0n) is 19.8. The van der Waals surface area contributed by atoms with Crippen molar-refractivity contribution in [2.45, 2.75) is 58.0 Å².